The van der Waals surface area contributed by atoms with Gasteiger partial charge in [0.1, 0.15) is 0 Å². The number of benzene rings is 2. The molecule has 3 aromatic rings. The van der Waals surface area contributed by atoms with Gasteiger partial charge in [-0.15, -0.1) is 0 Å². The summed E-state index contributed by atoms with van der Waals surface area (Å²) in [5.74, 6) is 0. The summed E-state index contributed by atoms with van der Waals surface area (Å²) in [7, 11) is 0. The minimum absolute atomic E-state index is 0.909. The first-order valence-electron chi connectivity index (χ1n) is 9.18. The van der Waals surface area contributed by atoms with Gasteiger partial charge >= 0.3 is 0 Å². The molecule has 0 aliphatic rings. The molecule has 0 aliphatic carbocycles. The number of allylic oxidation sites excluding steroid dienone is 6. The zero-order chi connectivity index (χ0) is 19.2. The number of aromatic nitrogens is 1. The number of nitrogens with zero attached hydrogens (tertiary/aromatic N) is 1. The van der Waals surface area contributed by atoms with Crippen molar-refractivity contribution in [2.45, 2.75) is 13.8 Å². The molecule has 1 aromatic heterocycles. The molecule has 0 radical (unpaired) electrons. The van der Waals surface area contributed by atoms with Gasteiger partial charge in [-0.25, -0.2) is 0 Å². The van der Waals surface area contributed by atoms with Crippen LogP contribution in [0.3, 0.4) is 0 Å². The maximum Gasteiger partial charge on any atom is 0.0540 e. The molecule has 0 bridgehead atoms. The van der Waals surface area contributed by atoms with Crippen LogP contribution in [-0.2, 0) is 0 Å². The average molecular weight is 351 g/mol. The summed E-state index contributed by atoms with van der Waals surface area (Å²) < 4.78 is 2.30. The smallest absolute Gasteiger partial charge is 0.0540 e. The molecule has 0 atom stereocenters. The molecule has 3 rings (SSSR count). The SMILES string of the molecule is C=C(/C=C\C=C/C)C(=C)/C=c1\c(=C/C)n(-c2ccccc2)c2ccccc12. The van der Waals surface area contributed by atoms with Crippen molar-refractivity contribution in [3.05, 3.63) is 114 Å². The topological polar surface area (TPSA) is 4.93 Å². The third kappa shape index (κ3) is 3.78. The Kier molecular flexibility index (Phi) is 5.73. The minimum atomic E-state index is 0.909. The maximum atomic E-state index is 4.24. The number of hydrogen-bond acceptors (Lipinski definition) is 0. The second-order valence-electron chi connectivity index (χ2n) is 6.36. The van der Waals surface area contributed by atoms with E-state index in [9.17, 15) is 0 Å². The molecule has 0 aliphatic heterocycles. The van der Waals surface area contributed by atoms with Crippen LogP contribution in [0.25, 0.3) is 28.7 Å². The number of rotatable bonds is 5. The Morgan fingerprint density at radius 1 is 0.852 bits per heavy atom. The molecule has 2 aromatic carbocycles. The monoisotopic (exact) mass is 351 g/mol. The van der Waals surface area contributed by atoms with E-state index < -0.39 is 0 Å². The predicted molar refractivity (Wildman–Crippen MR) is 119 cm³/mol. The summed E-state index contributed by atoms with van der Waals surface area (Å²) in [5.41, 5.74) is 4.16. The van der Waals surface area contributed by atoms with Crippen LogP contribution in [0, 0.1) is 0 Å². The molecule has 1 nitrogen and oxygen atoms in total. The van der Waals surface area contributed by atoms with Gasteiger partial charge in [0.15, 0.2) is 0 Å². The fourth-order valence-corrected chi connectivity index (χ4v) is 3.23. The van der Waals surface area contributed by atoms with Crippen molar-refractivity contribution in [3.8, 4) is 5.69 Å². The van der Waals surface area contributed by atoms with Crippen molar-refractivity contribution in [2.75, 3.05) is 0 Å². The van der Waals surface area contributed by atoms with Crippen molar-refractivity contribution in [3.63, 3.8) is 0 Å². The molecule has 0 N–H and O–H groups in total. The molecule has 0 amide bonds. The average Bonchev–Trinajstić information content (AvgIpc) is 3.02. The number of hydrogen-bond donors (Lipinski definition) is 0. The standard InChI is InChI=1S/C26H25N/c1-5-7-9-14-20(3)21(4)19-24-23-17-12-13-18-26(23)27(25(24)6-2)22-15-10-8-11-16-22/h5-19H,3-4H2,1-2H3/b7-5-,14-9-,24-19-,25-6+. The summed E-state index contributed by atoms with van der Waals surface area (Å²) in [4.78, 5) is 0. The Morgan fingerprint density at radius 2 is 1.56 bits per heavy atom. The summed E-state index contributed by atoms with van der Waals surface area (Å²) in [6.07, 6.45) is 12.3. The lowest BCUT2D eigenvalue weighted by molar-refractivity contribution is 1.07. The molecule has 0 saturated carbocycles. The summed E-state index contributed by atoms with van der Waals surface area (Å²) in [6, 6.07) is 18.9. The van der Waals surface area contributed by atoms with Crippen molar-refractivity contribution in [1.29, 1.82) is 0 Å². The zero-order valence-electron chi connectivity index (χ0n) is 16.0. The van der Waals surface area contributed by atoms with Crippen LogP contribution in [-0.4, -0.2) is 4.57 Å². The van der Waals surface area contributed by atoms with Gasteiger partial charge < -0.3 is 4.57 Å². The number of fused-ring (bicyclic) bond motifs is 1. The van der Waals surface area contributed by atoms with Gasteiger partial charge in [-0.3, -0.25) is 0 Å². The fourth-order valence-electron chi connectivity index (χ4n) is 3.23. The van der Waals surface area contributed by atoms with E-state index in [0.29, 0.717) is 0 Å². The van der Waals surface area contributed by atoms with Crippen LogP contribution in [0.15, 0.2) is 103 Å². The lowest BCUT2D eigenvalue weighted by Gasteiger charge is -2.05. The van der Waals surface area contributed by atoms with E-state index >= 15 is 0 Å². The van der Waals surface area contributed by atoms with E-state index in [-0.39, 0.29) is 0 Å². The van der Waals surface area contributed by atoms with Crippen molar-refractivity contribution < 1.29 is 0 Å². The molecule has 0 saturated heterocycles. The van der Waals surface area contributed by atoms with Gasteiger partial charge in [-0.2, -0.15) is 0 Å². The molecule has 1 heteroatoms. The summed E-state index contributed by atoms with van der Waals surface area (Å²) in [6.45, 7) is 12.5. The van der Waals surface area contributed by atoms with Gasteiger partial charge in [0.05, 0.1) is 5.52 Å². The van der Waals surface area contributed by atoms with Crippen molar-refractivity contribution in [1.82, 2.24) is 4.57 Å². The molecule has 0 spiro atoms. The molecule has 134 valence electrons. The van der Waals surface area contributed by atoms with Crippen LogP contribution in [0.5, 0.6) is 0 Å². The fraction of sp³-hybridized carbons (Fsp3) is 0.0769. The Bertz CT molecular complexity index is 1150. The summed E-state index contributed by atoms with van der Waals surface area (Å²) >= 11 is 0. The summed E-state index contributed by atoms with van der Waals surface area (Å²) in [5, 5.41) is 3.54. The van der Waals surface area contributed by atoms with E-state index in [1.165, 1.54) is 16.1 Å². The van der Waals surface area contributed by atoms with E-state index in [1.807, 2.05) is 37.3 Å². The highest BCUT2D eigenvalue weighted by atomic mass is 15.0. The lowest BCUT2D eigenvalue weighted by atomic mass is 10.1. The van der Waals surface area contributed by atoms with Gasteiger partial charge in [0.25, 0.3) is 0 Å². The Morgan fingerprint density at radius 3 is 2.26 bits per heavy atom. The minimum Gasteiger partial charge on any atom is -0.310 e. The van der Waals surface area contributed by atoms with Crippen LogP contribution < -0.4 is 10.6 Å². The number of para-hydroxylation sites is 2. The van der Waals surface area contributed by atoms with Crippen molar-refractivity contribution >= 4 is 23.1 Å². The van der Waals surface area contributed by atoms with Crippen LogP contribution in [0.2, 0.25) is 0 Å². The highest BCUT2D eigenvalue weighted by molar-refractivity contribution is 5.85. The highest BCUT2D eigenvalue weighted by Crippen LogP contribution is 2.16. The first kappa shape index (κ1) is 18.5. The lowest BCUT2D eigenvalue weighted by Crippen LogP contribution is -2.28. The van der Waals surface area contributed by atoms with Gasteiger partial charge in [-0.1, -0.05) is 79.9 Å². The molecular weight excluding hydrogens is 326 g/mol. The first-order valence-corrected chi connectivity index (χ1v) is 9.18. The van der Waals surface area contributed by atoms with E-state index in [1.54, 1.807) is 0 Å². The van der Waals surface area contributed by atoms with Gasteiger partial charge in [-0.05, 0) is 49.3 Å². The second-order valence-corrected chi connectivity index (χ2v) is 6.36. The van der Waals surface area contributed by atoms with Crippen molar-refractivity contribution in [2.24, 2.45) is 0 Å². The molecule has 1 heterocycles. The third-order valence-corrected chi connectivity index (χ3v) is 4.57. The zero-order valence-corrected chi connectivity index (χ0v) is 16.0. The van der Waals surface area contributed by atoms with E-state index in [0.717, 1.165) is 22.2 Å². The molecule has 27 heavy (non-hydrogen) atoms. The quantitative estimate of drug-likeness (QED) is 0.538. The van der Waals surface area contributed by atoms with Gasteiger partial charge in [0.2, 0.25) is 0 Å². The van der Waals surface area contributed by atoms with Crippen LogP contribution >= 0.6 is 0 Å². The van der Waals surface area contributed by atoms with Crippen LogP contribution in [0.4, 0.5) is 0 Å². The largest absolute Gasteiger partial charge is 0.310 e. The molecule has 0 fully saturated rings. The van der Waals surface area contributed by atoms with Crippen LogP contribution in [0.1, 0.15) is 13.8 Å². The second kappa shape index (κ2) is 8.37. The third-order valence-electron chi connectivity index (χ3n) is 4.57. The van der Waals surface area contributed by atoms with Gasteiger partial charge in [0, 0.05) is 21.6 Å². The predicted octanol–water partition coefficient (Wildman–Crippen LogP) is 5.46. The Hall–Kier alpha value is -3.32. The highest BCUT2D eigenvalue weighted by Gasteiger charge is 2.08. The van der Waals surface area contributed by atoms with E-state index in [2.05, 4.69) is 85.3 Å². The Labute approximate surface area is 161 Å². The normalized spacial score (nSPS) is 13.3. The van der Waals surface area contributed by atoms with E-state index in [4.69, 9.17) is 0 Å². The Balaban J connectivity index is 2.26. The molecule has 0 unspecified atom stereocenters. The molecular formula is C26H25N. The first-order chi connectivity index (χ1) is 13.2. The maximum absolute atomic E-state index is 4.24.